The highest BCUT2D eigenvalue weighted by Crippen LogP contribution is 2.41. The van der Waals surface area contributed by atoms with Gasteiger partial charge in [0.15, 0.2) is 14.6 Å². The van der Waals surface area contributed by atoms with Gasteiger partial charge in [-0.2, -0.15) is 0 Å². The fourth-order valence-electron chi connectivity index (χ4n) is 3.52. The zero-order valence-corrected chi connectivity index (χ0v) is 16.9. The Morgan fingerprint density at radius 3 is 2.21 bits per heavy atom. The quantitative estimate of drug-likeness (QED) is 0.763. The zero-order chi connectivity index (χ0) is 20.4. The highest BCUT2D eigenvalue weighted by atomic mass is 35.5. The molecule has 6 nitrogen and oxygen atoms in total. The van der Waals surface area contributed by atoms with E-state index in [1.807, 2.05) is 0 Å². The standard InChI is InChI=1S/C20H21ClN2O4S/c1-14(24)22-18-10-9-15(13-17(18)21)23-19(25)20(11-5-6-12-20)28(26,27)16-7-3-2-4-8-16/h2-4,7-10,13H,5-6,11-12H2,1H3,(H,22,24)(H,23,25). The lowest BCUT2D eigenvalue weighted by Crippen LogP contribution is -2.47. The van der Waals surface area contributed by atoms with Gasteiger partial charge in [0.25, 0.3) is 0 Å². The van der Waals surface area contributed by atoms with E-state index >= 15 is 0 Å². The predicted octanol–water partition coefficient (Wildman–Crippen LogP) is 4.02. The average Bonchev–Trinajstić information content (AvgIpc) is 3.16. The van der Waals surface area contributed by atoms with Gasteiger partial charge in [-0.05, 0) is 43.2 Å². The lowest BCUT2D eigenvalue weighted by Gasteiger charge is -2.27. The first-order valence-corrected chi connectivity index (χ1v) is 10.8. The fraction of sp³-hybridized carbons (Fsp3) is 0.300. The first kappa shape index (κ1) is 20.4. The number of carbonyl (C=O) groups excluding carboxylic acids is 2. The van der Waals surface area contributed by atoms with E-state index in [0.29, 0.717) is 24.2 Å². The van der Waals surface area contributed by atoms with E-state index in [-0.39, 0.29) is 28.7 Å². The van der Waals surface area contributed by atoms with E-state index in [1.165, 1.54) is 25.1 Å². The molecule has 2 aromatic carbocycles. The first-order chi connectivity index (χ1) is 13.3. The predicted molar refractivity (Wildman–Crippen MR) is 109 cm³/mol. The number of carbonyl (C=O) groups is 2. The van der Waals surface area contributed by atoms with Gasteiger partial charge in [0, 0.05) is 12.6 Å². The number of amides is 2. The molecule has 1 aliphatic rings. The summed E-state index contributed by atoms with van der Waals surface area (Å²) in [7, 11) is -3.86. The van der Waals surface area contributed by atoms with Crippen LogP contribution in [0.2, 0.25) is 5.02 Å². The van der Waals surface area contributed by atoms with Crippen LogP contribution in [0.4, 0.5) is 11.4 Å². The molecular formula is C20H21ClN2O4S. The van der Waals surface area contributed by atoms with Gasteiger partial charge >= 0.3 is 0 Å². The molecule has 2 amide bonds. The molecule has 28 heavy (non-hydrogen) atoms. The Labute approximate surface area is 169 Å². The van der Waals surface area contributed by atoms with Gasteiger partial charge in [0.05, 0.1) is 15.6 Å². The Bertz CT molecular complexity index is 1000. The van der Waals surface area contributed by atoms with E-state index in [9.17, 15) is 18.0 Å². The van der Waals surface area contributed by atoms with E-state index < -0.39 is 20.5 Å². The monoisotopic (exact) mass is 420 g/mol. The molecule has 148 valence electrons. The maximum Gasteiger partial charge on any atom is 0.246 e. The van der Waals surface area contributed by atoms with Gasteiger partial charge < -0.3 is 10.6 Å². The maximum atomic E-state index is 13.3. The Kier molecular flexibility index (Phi) is 5.76. The lowest BCUT2D eigenvalue weighted by atomic mass is 10.1. The Balaban J connectivity index is 1.91. The van der Waals surface area contributed by atoms with E-state index in [0.717, 1.165) is 0 Å². The van der Waals surface area contributed by atoms with Crippen molar-refractivity contribution in [1.29, 1.82) is 0 Å². The molecule has 0 aliphatic heterocycles. The third-order valence-electron chi connectivity index (χ3n) is 4.93. The van der Waals surface area contributed by atoms with E-state index in [1.54, 1.807) is 30.3 Å². The van der Waals surface area contributed by atoms with Crippen molar-refractivity contribution in [2.75, 3.05) is 10.6 Å². The smallest absolute Gasteiger partial charge is 0.246 e. The average molecular weight is 421 g/mol. The second-order valence-electron chi connectivity index (χ2n) is 6.85. The molecule has 0 aromatic heterocycles. The third-order valence-corrected chi connectivity index (χ3v) is 7.76. The molecule has 0 unspecified atom stereocenters. The highest BCUT2D eigenvalue weighted by molar-refractivity contribution is 7.93. The van der Waals surface area contributed by atoms with Gasteiger partial charge in [0.2, 0.25) is 11.8 Å². The fourth-order valence-corrected chi connectivity index (χ4v) is 5.83. The van der Waals surface area contributed by atoms with Gasteiger partial charge in [0.1, 0.15) is 0 Å². The van der Waals surface area contributed by atoms with Crippen LogP contribution in [0, 0.1) is 0 Å². The first-order valence-electron chi connectivity index (χ1n) is 8.94. The molecule has 2 aromatic rings. The summed E-state index contributed by atoms with van der Waals surface area (Å²) in [5.41, 5.74) is 0.790. The molecule has 0 spiro atoms. The molecule has 0 bridgehead atoms. The second kappa shape index (κ2) is 7.93. The largest absolute Gasteiger partial charge is 0.325 e. The molecule has 8 heteroatoms. The molecular weight excluding hydrogens is 400 g/mol. The molecule has 1 fully saturated rings. The van der Waals surface area contributed by atoms with Crippen molar-refractivity contribution in [3.8, 4) is 0 Å². The SMILES string of the molecule is CC(=O)Nc1ccc(NC(=O)C2(S(=O)(=O)c3ccccc3)CCCC2)cc1Cl. The van der Waals surface area contributed by atoms with Gasteiger partial charge in [-0.25, -0.2) is 8.42 Å². The van der Waals surface area contributed by atoms with Crippen LogP contribution in [0.3, 0.4) is 0 Å². The summed E-state index contributed by atoms with van der Waals surface area (Å²) >= 11 is 6.15. The minimum atomic E-state index is -3.86. The summed E-state index contributed by atoms with van der Waals surface area (Å²) in [6, 6.07) is 12.7. The molecule has 0 radical (unpaired) electrons. The van der Waals surface area contributed by atoms with Crippen LogP contribution >= 0.6 is 11.6 Å². The molecule has 2 N–H and O–H groups in total. The number of benzene rings is 2. The minimum Gasteiger partial charge on any atom is -0.325 e. The number of sulfone groups is 1. The summed E-state index contributed by atoms with van der Waals surface area (Å²) in [4.78, 5) is 24.5. The molecule has 3 rings (SSSR count). The molecule has 0 heterocycles. The van der Waals surface area contributed by atoms with Crippen LogP contribution in [0.25, 0.3) is 0 Å². The summed E-state index contributed by atoms with van der Waals surface area (Å²) in [6.45, 7) is 1.37. The molecule has 1 saturated carbocycles. The maximum absolute atomic E-state index is 13.3. The summed E-state index contributed by atoms with van der Waals surface area (Å²) in [5.74, 6) is -0.824. The van der Waals surface area contributed by atoms with Crippen LogP contribution in [0.1, 0.15) is 32.6 Å². The number of hydrogen-bond acceptors (Lipinski definition) is 4. The number of nitrogens with one attached hydrogen (secondary N) is 2. The Morgan fingerprint density at radius 1 is 1.00 bits per heavy atom. The molecule has 0 saturated heterocycles. The number of hydrogen-bond donors (Lipinski definition) is 2. The van der Waals surface area contributed by atoms with Crippen molar-refractivity contribution >= 4 is 44.6 Å². The topological polar surface area (TPSA) is 92.3 Å². The highest BCUT2D eigenvalue weighted by Gasteiger charge is 2.52. The summed E-state index contributed by atoms with van der Waals surface area (Å²) in [5, 5.41) is 5.54. The van der Waals surface area contributed by atoms with Crippen molar-refractivity contribution < 1.29 is 18.0 Å². The van der Waals surface area contributed by atoms with Crippen molar-refractivity contribution in [1.82, 2.24) is 0 Å². The van der Waals surface area contributed by atoms with Crippen molar-refractivity contribution in [2.45, 2.75) is 42.2 Å². The van der Waals surface area contributed by atoms with E-state index in [4.69, 9.17) is 11.6 Å². The van der Waals surface area contributed by atoms with Crippen LogP contribution in [0.5, 0.6) is 0 Å². The van der Waals surface area contributed by atoms with Crippen LogP contribution in [-0.2, 0) is 19.4 Å². The Hall–Kier alpha value is -2.38. The van der Waals surface area contributed by atoms with Crippen LogP contribution in [-0.4, -0.2) is 25.0 Å². The zero-order valence-electron chi connectivity index (χ0n) is 15.4. The summed E-state index contributed by atoms with van der Waals surface area (Å²) in [6.07, 6.45) is 1.88. The van der Waals surface area contributed by atoms with Crippen molar-refractivity contribution in [3.05, 3.63) is 53.6 Å². The molecule has 1 aliphatic carbocycles. The van der Waals surface area contributed by atoms with Crippen LogP contribution < -0.4 is 10.6 Å². The second-order valence-corrected chi connectivity index (χ2v) is 9.51. The number of halogens is 1. The normalized spacial score (nSPS) is 15.8. The van der Waals surface area contributed by atoms with Gasteiger partial charge in [-0.3, -0.25) is 9.59 Å². The van der Waals surface area contributed by atoms with Gasteiger partial charge in [-0.15, -0.1) is 0 Å². The minimum absolute atomic E-state index is 0.145. The van der Waals surface area contributed by atoms with Crippen molar-refractivity contribution in [3.63, 3.8) is 0 Å². The van der Waals surface area contributed by atoms with Gasteiger partial charge in [-0.1, -0.05) is 42.6 Å². The van der Waals surface area contributed by atoms with Crippen molar-refractivity contribution in [2.24, 2.45) is 0 Å². The molecule has 0 atom stereocenters. The summed E-state index contributed by atoms with van der Waals surface area (Å²) < 4.78 is 25.1. The lowest BCUT2D eigenvalue weighted by molar-refractivity contribution is -0.118. The number of anilines is 2. The van der Waals surface area contributed by atoms with E-state index in [2.05, 4.69) is 10.6 Å². The Morgan fingerprint density at radius 2 is 1.64 bits per heavy atom. The number of rotatable bonds is 5. The van der Waals surface area contributed by atoms with Crippen LogP contribution in [0.15, 0.2) is 53.4 Å². The third kappa shape index (κ3) is 3.77.